The van der Waals surface area contributed by atoms with Crippen LogP contribution in [0.3, 0.4) is 0 Å². The van der Waals surface area contributed by atoms with Gasteiger partial charge < -0.3 is 18.8 Å². The monoisotopic (exact) mass is 407 g/mol. The van der Waals surface area contributed by atoms with E-state index in [4.69, 9.17) is 13.9 Å². The Kier molecular flexibility index (Phi) is 5.63. The number of carbonyl (C=O) groups is 3. The minimum absolute atomic E-state index is 0.0359. The molecule has 0 N–H and O–H groups in total. The summed E-state index contributed by atoms with van der Waals surface area (Å²) in [4.78, 5) is 38.5. The molecule has 30 heavy (non-hydrogen) atoms. The first-order valence-corrected chi connectivity index (χ1v) is 9.68. The fourth-order valence-electron chi connectivity index (χ4n) is 3.58. The second-order valence-electron chi connectivity index (χ2n) is 7.03. The summed E-state index contributed by atoms with van der Waals surface area (Å²) in [6, 6.07) is 14.0. The van der Waals surface area contributed by atoms with Crippen molar-refractivity contribution in [3.05, 3.63) is 65.4 Å². The quantitative estimate of drug-likeness (QED) is 0.438. The first kappa shape index (κ1) is 19.8. The third kappa shape index (κ3) is 3.84. The molecule has 0 radical (unpaired) electrons. The normalized spacial score (nSPS) is 13.8. The number of para-hydroxylation sites is 1. The van der Waals surface area contributed by atoms with Gasteiger partial charge in [0, 0.05) is 42.3 Å². The van der Waals surface area contributed by atoms with Crippen LogP contribution in [0.4, 0.5) is 5.69 Å². The smallest absolute Gasteiger partial charge is 0.375 e. The number of nitrogens with zero attached hydrogens (tertiary/aromatic N) is 1. The van der Waals surface area contributed by atoms with Crippen molar-refractivity contribution in [3.8, 4) is 0 Å². The number of fused-ring (bicyclic) bond motifs is 1. The zero-order valence-corrected chi connectivity index (χ0v) is 16.6. The molecule has 4 rings (SSSR count). The van der Waals surface area contributed by atoms with Gasteiger partial charge in [0.25, 0.3) is 0 Å². The minimum atomic E-state index is -0.717. The van der Waals surface area contributed by atoms with Crippen LogP contribution in [-0.2, 0) is 20.9 Å². The van der Waals surface area contributed by atoms with Gasteiger partial charge in [-0.1, -0.05) is 18.2 Å². The number of ether oxygens (including phenoxy) is 2. The number of amides is 1. The molecule has 1 aliphatic heterocycles. The number of benzene rings is 2. The van der Waals surface area contributed by atoms with Gasteiger partial charge in [0.15, 0.2) is 12.4 Å². The Morgan fingerprint density at radius 3 is 2.57 bits per heavy atom. The number of furan rings is 1. The lowest BCUT2D eigenvalue weighted by atomic mass is 10.1. The van der Waals surface area contributed by atoms with Crippen molar-refractivity contribution in [2.24, 2.45) is 0 Å². The summed E-state index contributed by atoms with van der Waals surface area (Å²) in [6.45, 7) is 0.460. The highest BCUT2D eigenvalue weighted by molar-refractivity contribution is 6.01. The van der Waals surface area contributed by atoms with Gasteiger partial charge in [-0.05, 0) is 36.8 Å². The van der Waals surface area contributed by atoms with E-state index in [0.29, 0.717) is 29.7 Å². The summed E-state index contributed by atoms with van der Waals surface area (Å²) in [5.74, 6) is -0.938. The number of carbonyl (C=O) groups excluding carboxylic acids is 3. The van der Waals surface area contributed by atoms with Crippen LogP contribution < -0.4 is 4.90 Å². The van der Waals surface area contributed by atoms with E-state index in [-0.39, 0.29) is 24.1 Å². The maximum Gasteiger partial charge on any atom is 0.375 e. The molecule has 1 aliphatic rings. The summed E-state index contributed by atoms with van der Waals surface area (Å²) in [5, 5.41) is 0.768. The number of hydrogen-bond acceptors (Lipinski definition) is 6. The lowest BCUT2D eigenvalue weighted by Gasteiger charge is -2.15. The number of ketones is 1. The van der Waals surface area contributed by atoms with Gasteiger partial charge in [0.1, 0.15) is 5.58 Å². The molecule has 2 heterocycles. The molecule has 7 heteroatoms. The van der Waals surface area contributed by atoms with Crippen LogP contribution in [0.15, 0.2) is 52.9 Å². The molecule has 0 bridgehead atoms. The molecule has 1 saturated heterocycles. The van der Waals surface area contributed by atoms with Crippen molar-refractivity contribution in [2.75, 3.05) is 25.2 Å². The first-order valence-electron chi connectivity index (χ1n) is 9.68. The van der Waals surface area contributed by atoms with E-state index < -0.39 is 12.6 Å². The number of hydrogen-bond donors (Lipinski definition) is 0. The van der Waals surface area contributed by atoms with Gasteiger partial charge in [-0.2, -0.15) is 0 Å². The Labute approximate surface area is 173 Å². The molecular formula is C23H21NO6. The average molecular weight is 407 g/mol. The van der Waals surface area contributed by atoms with Crippen molar-refractivity contribution in [1.29, 1.82) is 0 Å². The van der Waals surface area contributed by atoms with Gasteiger partial charge in [-0.15, -0.1) is 0 Å². The Morgan fingerprint density at radius 1 is 1.10 bits per heavy atom. The third-order valence-corrected chi connectivity index (χ3v) is 5.08. The lowest BCUT2D eigenvalue weighted by Crippen LogP contribution is -2.23. The molecule has 154 valence electrons. The standard InChI is InChI=1S/C23H21NO6/c1-28-13-18-17-5-2-3-6-20(17)30-22(18)23(27)29-14-19(25)15-8-10-16(11-9-15)24-12-4-7-21(24)26/h2-3,5-6,8-11H,4,7,12-14H2,1H3. The Balaban J connectivity index is 1.44. The minimum Gasteiger partial charge on any atom is -0.451 e. The molecule has 7 nitrogen and oxygen atoms in total. The second kappa shape index (κ2) is 8.51. The average Bonchev–Trinajstić information content (AvgIpc) is 3.36. The van der Waals surface area contributed by atoms with Crippen molar-refractivity contribution >= 4 is 34.3 Å². The van der Waals surface area contributed by atoms with Gasteiger partial charge in [-0.25, -0.2) is 4.79 Å². The number of rotatable bonds is 7. The second-order valence-corrected chi connectivity index (χ2v) is 7.03. The lowest BCUT2D eigenvalue weighted by molar-refractivity contribution is -0.117. The Hall–Kier alpha value is -3.45. The first-order chi connectivity index (χ1) is 14.6. The molecule has 0 spiro atoms. The summed E-state index contributed by atoms with van der Waals surface area (Å²) >= 11 is 0. The van der Waals surface area contributed by atoms with E-state index in [2.05, 4.69) is 0 Å². The van der Waals surface area contributed by atoms with Crippen molar-refractivity contribution < 1.29 is 28.3 Å². The molecule has 0 atom stereocenters. The SMILES string of the molecule is COCc1c(C(=O)OCC(=O)c2ccc(N3CCCC3=O)cc2)oc2ccccc12. The summed E-state index contributed by atoms with van der Waals surface area (Å²) < 4.78 is 16.0. The maximum absolute atomic E-state index is 12.5. The van der Waals surface area contributed by atoms with Crippen LogP contribution in [0.5, 0.6) is 0 Å². The molecule has 1 aromatic heterocycles. The number of Topliss-reactive ketones (excluding diaryl/α,β-unsaturated/α-hetero) is 1. The van der Waals surface area contributed by atoms with E-state index in [1.165, 1.54) is 7.11 Å². The molecule has 0 unspecified atom stereocenters. The predicted octanol–water partition coefficient (Wildman–Crippen LogP) is 3.75. The largest absolute Gasteiger partial charge is 0.451 e. The van der Waals surface area contributed by atoms with Crippen LogP contribution in [0.1, 0.15) is 39.3 Å². The Bertz CT molecular complexity index is 1100. The van der Waals surface area contributed by atoms with Gasteiger partial charge in [0.2, 0.25) is 11.7 Å². The molecule has 0 saturated carbocycles. The Morgan fingerprint density at radius 2 is 1.87 bits per heavy atom. The highest BCUT2D eigenvalue weighted by Gasteiger charge is 2.24. The highest BCUT2D eigenvalue weighted by atomic mass is 16.5. The maximum atomic E-state index is 12.5. The van der Waals surface area contributed by atoms with Gasteiger partial charge in [0.05, 0.1) is 6.61 Å². The van der Waals surface area contributed by atoms with E-state index in [9.17, 15) is 14.4 Å². The highest BCUT2D eigenvalue weighted by Crippen LogP contribution is 2.27. The van der Waals surface area contributed by atoms with E-state index in [0.717, 1.165) is 17.5 Å². The van der Waals surface area contributed by atoms with E-state index >= 15 is 0 Å². The van der Waals surface area contributed by atoms with Crippen LogP contribution in [0.2, 0.25) is 0 Å². The van der Waals surface area contributed by atoms with Crippen molar-refractivity contribution in [1.82, 2.24) is 0 Å². The van der Waals surface area contributed by atoms with Crippen LogP contribution >= 0.6 is 0 Å². The zero-order chi connectivity index (χ0) is 21.1. The fourth-order valence-corrected chi connectivity index (χ4v) is 3.58. The van der Waals surface area contributed by atoms with Gasteiger partial charge in [-0.3, -0.25) is 9.59 Å². The topological polar surface area (TPSA) is 86.0 Å². The number of methoxy groups -OCH3 is 1. The van der Waals surface area contributed by atoms with Crippen LogP contribution in [-0.4, -0.2) is 37.9 Å². The van der Waals surface area contributed by atoms with Gasteiger partial charge >= 0.3 is 5.97 Å². The van der Waals surface area contributed by atoms with E-state index in [1.807, 2.05) is 12.1 Å². The molecule has 1 amide bonds. The summed E-state index contributed by atoms with van der Waals surface area (Å²) in [5.41, 5.74) is 2.30. The summed E-state index contributed by atoms with van der Waals surface area (Å²) in [6.07, 6.45) is 1.38. The van der Waals surface area contributed by atoms with E-state index in [1.54, 1.807) is 41.3 Å². The molecule has 2 aromatic carbocycles. The fraction of sp³-hybridized carbons (Fsp3) is 0.261. The molecule has 3 aromatic rings. The molecule has 0 aliphatic carbocycles. The molecular weight excluding hydrogens is 386 g/mol. The van der Waals surface area contributed by atoms with Crippen molar-refractivity contribution in [2.45, 2.75) is 19.4 Å². The summed E-state index contributed by atoms with van der Waals surface area (Å²) in [7, 11) is 1.53. The third-order valence-electron chi connectivity index (χ3n) is 5.08. The molecule has 1 fully saturated rings. The van der Waals surface area contributed by atoms with Crippen LogP contribution in [0.25, 0.3) is 11.0 Å². The van der Waals surface area contributed by atoms with Crippen LogP contribution in [0, 0.1) is 0 Å². The van der Waals surface area contributed by atoms with Crippen molar-refractivity contribution in [3.63, 3.8) is 0 Å². The zero-order valence-electron chi connectivity index (χ0n) is 16.6. The number of esters is 1. The predicted molar refractivity (Wildman–Crippen MR) is 110 cm³/mol. The number of anilines is 1.